The largest absolute Gasteiger partial charge is 0.404 e. The molecule has 0 aromatic heterocycles. The van der Waals surface area contributed by atoms with Crippen molar-refractivity contribution in [1.82, 2.24) is 5.32 Å². The van der Waals surface area contributed by atoms with E-state index in [4.69, 9.17) is 22.0 Å². The summed E-state index contributed by atoms with van der Waals surface area (Å²) in [6.07, 6.45) is -4.24. The molecule has 1 heterocycles. The Hall–Kier alpha value is -1.29. The molecule has 1 fully saturated rings. The van der Waals surface area contributed by atoms with Crippen LogP contribution in [0.15, 0.2) is 12.1 Å². The monoisotopic (exact) mass is 318 g/mol. The van der Waals surface area contributed by atoms with E-state index in [1.165, 1.54) is 12.1 Å². The molecule has 114 valence electrons. The third kappa shape index (κ3) is 3.00. The number of aliphatic hydroxyl groups excluding tert-OH is 1. The summed E-state index contributed by atoms with van der Waals surface area (Å²) in [6, 6.07) is 2.53. The van der Waals surface area contributed by atoms with E-state index in [-0.39, 0.29) is 23.6 Å². The minimum atomic E-state index is -4.42. The quantitative estimate of drug-likeness (QED) is 0.881. The van der Waals surface area contributed by atoms with Crippen LogP contribution in [0, 0.1) is 18.3 Å². The molecule has 0 saturated carbocycles. The maximum absolute atomic E-state index is 13.2. The van der Waals surface area contributed by atoms with Gasteiger partial charge in [0.2, 0.25) is 0 Å². The molecule has 1 unspecified atom stereocenters. The summed E-state index contributed by atoms with van der Waals surface area (Å²) >= 11 is 6.04. The van der Waals surface area contributed by atoms with E-state index in [1.807, 2.05) is 6.07 Å². The second-order valence-electron chi connectivity index (χ2n) is 5.16. The highest BCUT2D eigenvalue weighted by Crippen LogP contribution is 2.42. The molecule has 21 heavy (non-hydrogen) atoms. The number of benzene rings is 1. The van der Waals surface area contributed by atoms with Gasteiger partial charge < -0.3 is 10.4 Å². The van der Waals surface area contributed by atoms with Crippen molar-refractivity contribution in [3.05, 3.63) is 33.8 Å². The summed E-state index contributed by atoms with van der Waals surface area (Å²) in [5, 5.41) is 20.6. The number of nitriles is 1. The van der Waals surface area contributed by atoms with Crippen LogP contribution in [0.1, 0.15) is 29.0 Å². The average Bonchev–Trinajstić information content (AvgIpc) is 2.86. The standard InChI is InChI=1S/C14H14ClF3N2O/c1-7-10(3-2-8(5-19)12(7)15)11-4-9(6-21)20-13(11)14(16,17)18/h2-3,9,11,13,20-21H,4,6H2,1H3/t9-,11?,13-/m0/s1. The third-order valence-corrected chi connectivity index (χ3v) is 4.36. The van der Waals surface area contributed by atoms with Crippen molar-refractivity contribution in [2.45, 2.75) is 37.5 Å². The Morgan fingerprint density at radius 1 is 1.48 bits per heavy atom. The molecule has 0 bridgehead atoms. The molecule has 3 nitrogen and oxygen atoms in total. The Balaban J connectivity index is 2.44. The molecule has 1 aliphatic heterocycles. The lowest BCUT2D eigenvalue weighted by Gasteiger charge is -2.24. The SMILES string of the molecule is Cc1c(C2C[C@@H](CO)N[C@@H]2C(F)(F)F)ccc(C#N)c1Cl. The Bertz CT molecular complexity index is 583. The molecule has 1 aromatic rings. The summed E-state index contributed by atoms with van der Waals surface area (Å²) in [7, 11) is 0. The molecular weight excluding hydrogens is 305 g/mol. The van der Waals surface area contributed by atoms with E-state index in [1.54, 1.807) is 6.92 Å². The smallest absolute Gasteiger partial charge is 0.395 e. The number of rotatable bonds is 2. The first-order valence-corrected chi connectivity index (χ1v) is 6.80. The molecule has 7 heteroatoms. The number of hydrogen-bond acceptors (Lipinski definition) is 3. The second-order valence-corrected chi connectivity index (χ2v) is 5.54. The molecule has 0 radical (unpaired) electrons. The van der Waals surface area contributed by atoms with Gasteiger partial charge in [0.05, 0.1) is 17.2 Å². The van der Waals surface area contributed by atoms with Gasteiger partial charge in [0.25, 0.3) is 0 Å². The lowest BCUT2D eigenvalue weighted by atomic mass is 9.87. The van der Waals surface area contributed by atoms with Gasteiger partial charge in [-0.25, -0.2) is 0 Å². The van der Waals surface area contributed by atoms with E-state index in [0.717, 1.165) is 0 Å². The molecule has 1 aliphatic rings. The molecule has 2 N–H and O–H groups in total. The first-order chi connectivity index (χ1) is 9.79. The molecule has 0 aliphatic carbocycles. The van der Waals surface area contributed by atoms with Crippen LogP contribution in [0.5, 0.6) is 0 Å². The molecule has 0 spiro atoms. The zero-order valence-corrected chi connectivity index (χ0v) is 12.0. The minimum Gasteiger partial charge on any atom is -0.395 e. The van der Waals surface area contributed by atoms with Crippen molar-refractivity contribution in [2.24, 2.45) is 0 Å². The van der Waals surface area contributed by atoms with Gasteiger partial charge in [0, 0.05) is 12.0 Å². The van der Waals surface area contributed by atoms with Crippen LogP contribution in [-0.4, -0.2) is 30.0 Å². The van der Waals surface area contributed by atoms with E-state index in [0.29, 0.717) is 11.1 Å². The fourth-order valence-corrected chi connectivity index (χ4v) is 3.04. The topological polar surface area (TPSA) is 56.0 Å². The number of nitrogens with zero attached hydrogens (tertiary/aromatic N) is 1. The van der Waals surface area contributed by atoms with Crippen molar-refractivity contribution in [2.75, 3.05) is 6.61 Å². The highest BCUT2D eigenvalue weighted by atomic mass is 35.5. The Morgan fingerprint density at radius 2 is 2.14 bits per heavy atom. The van der Waals surface area contributed by atoms with Crippen LogP contribution in [0.2, 0.25) is 5.02 Å². The van der Waals surface area contributed by atoms with Crippen molar-refractivity contribution < 1.29 is 18.3 Å². The summed E-state index contributed by atoms with van der Waals surface area (Å²) in [5.74, 6) is -0.826. The molecule has 3 atom stereocenters. The van der Waals surface area contributed by atoms with Crippen molar-refractivity contribution in [3.63, 3.8) is 0 Å². The van der Waals surface area contributed by atoms with Crippen LogP contribution < -0.4 is 5.32 Å². The highest BCUT2D eigenvalue weighted by Gasteiger charge is 2.50. The second kappa shape index (κ2) is 5.84. The minimum absolute atomic E-state index is 0.170. The van der Waals surface area contributed by atoms with Crippen molar-refractivity contribution in [1.29, 1.82) is 5.26 Å². The molecule has 1 saturated heterocycles. The number of nitrogens with one attached hydrogen (secondary N) is 1. The summed E-state index contributed by atoms with van der Waals surface area (Å²) in [6.45, 7) is 1.25. The van der Waals surface area contributed by atoms with E-state index in [9.17, 15) is 13.2 Å². The van der Waals surface area contributed by atoms with Gasteiger partial charge in [0.1, 0.15) is 12.1 Å². The van der Waals surface area contributed by atoms with Crippen LogP contribution in [0.25, 0.3) is 0 Å². The lowest BCUT2D eigenvalue weighted by molar-refractivity contribution is -0.156. The van der Waals surface area contributed by atoms with E-state index in [2.05, 4.69) is 5.32 Å². The zero-order chi connectivity index (χ0) is 15.8. The van der Waals surface area contributed by atoms with Gasteiger partial charge in [-0.1, -0.05) is 17.7 Å². The lowest BCUT2D eigenvalue weighted by Crippen LogP contribution is -2.43. The fraction of sp³-hybridized carbons (Fsp3) is 0.500. The van der Waals surface area contributed by atoms with E-state index >= 15 is 0 Å². The molecule has 2 rings (SSSR count). The summed E-state index contributed by atoms with van der Waals surface area (Å²) in [4.78, 5) is 0. The Labute approximate surface area is 125 Å². The van der Waals surface area contributed by atoms with Crippen molar-refractivity contribution in [3.8, 4) is 6.07 Å². The number of aliphatic hydroxyl groups is 1. The normalized spacial score (nSPS) is 25.9. The van der Waals surface area contributed by atoms with Gasteiger partial charge in [-0.05, 0) is 30.5 Å². The van der Waals surface area contributed by atoms with Gasteiger partial charge in [0.15, 0.2) is 0 Å². The maximum atomic E-state index is 13.2. The Morgan fingerprint density at radius 3 is 2.67 bits per heavy atom. The zero-order valence-electron chi connectivity index (χ0n) is 11.2. The molecule has 0 amide bonds. The highest BCUT2D eigenvalue weighted by molar-refractivity contribution is 6.32. The predicted molar refractivity (Wildman–Crippen MR) is 72.1 cm³/mol. The number of halogens is 4. The van der Waals surface area contributed by atoms with Gasteiger partial charge >= 0.3 is 6.18 Å². The Kier molecular flexibility index (Phi) is 4.47. The molecular formula is C14H14ClF3N2O. The van der Waals surface area contributed by atoms with Crippen LogP contribution in [0.3, 0.4) is 0 Å². The van der Waals surface area contributed by atoms with Gasteiger partial charge in [-0.15, -0.1) is 0 Å². The van der Waals surface area contributed by atoms with Crippen LogP contribution in [-0.2, 0) is 0 Å². The first-order valence-electron chi connectivity index (χ1n) is 6.42. The van der Waals surface area contributed by atoms with Crippen molar-refractivity contribution >= 4 is 11.6 Å². The average molecular weight is 319 g/mol. The molecule has 1 aromatic carbocycles. The van der Waals surface area contributed by atoms with E-state index < -0.39 is 24.2 Å². The van der Waals surface area contributed by atoms with Gasteiger partial charge in [-0.2, -0.15) is 18.4 Å². The first kappa shape index (κ1) is 16.1. The van der Waals surface area contributed by atoms with Gasteiger partial charge in [-0.3, -0.25) is 0 Å². The van der Waals surface area contributed by atoms with Crippen LogP contribution >= 0.6 is 11.6 Å². The number of alkyl halides is 3. The van der Waals surface area contributed by atoms with Crippen LogP contribution in [0.4, 0.5) is 13.2 Å². The number of hydrogen-bond donors (Lipinski definition) is 2. The fourth-order valence-electron chi connectivity index (χ4n) is 2.83. The summed E-state index contributed by atoms with van der Waals surface area (Å²) in [5.41, 5.74) is 1.19. The predicted octanol–water partition coefficient (Wildman–Crippen LogP) is 2.89. The maximum Gasteiger partial charge on any atom is 0.404 e. The third-order valence-electron chi connectivity index (χ3n) is 3.88. The summed E-state index contributed by atoms with van der Waals surface area (Å²) < 4.78 is 39.5.